The van der Waals surface area contributed by atoms with E-state index < -0.39 is 0 Å². The Labute approximate surface area is 101 Å². The van der Waals surface area contributed by atoms with E-state index in [1.807, 2.05) is 0 Å². The molecule has 0 bridgehead atoms. The molecule has 0 saturated heterocycles. The van der Waals surface area contributed by atoms with Crippen LogP contribution in [-0.4, -0.2) is 16.1 Å². The lowest BCUT2D eigenvalue weighted by Crippen LogP contribution is -2.15. The summed E-state index contributed by atoms with van der Waals surface area (Å²) in [5, 5.41) is 0. The molecule has 90 valence electrons. The van der Waals surface area contributed by atoms with Crippen LogP contribution in [0.4, 0.5) is 0 Å². The van der Waals surface area contributed by atoms with Crippen molar-refractivity contribution in [1.82, 2.24) is 4.57 Å². The van der Waals surface area contributed by atoms with Gasteiger partial charge in [-0.3, -0.25) is 9.59 Å². The third kappa shape index (κ3) is 1.34. The summed E-state index contributed by atoms with van der Waals surface area (Å²) in [4.78, 5) is 23.6. The lowest BCUT2D eigenvalue weighted by molar-refractivity contribution is 0.0980. The fourth-order valence-corrected chi connectivity index (χ4v) is 3.59. The van der Waals surface area contributed by atoms with E-state index in [9.17, 15) is 9.59 Å². The number of hydrogen-bond acceptors (Lipinski definition) is 2. The Morgan fingerprint density at radius 3 is 2.18 bits per heavy atom. The second-order valence-corrected chi connectivity index (χ2v) is 5.21. The van der Waals surface area contributed by atoms with Gasteiger partial charge < -0.3 is 4.57 Å². The number of aromatic nitrogens is 1. The van der Waals surface area contributed by atoms with Crippen LogP contribution in [0.5, 0.6) is 0 Å². The first-order valence-electron chi connectivity index (χ1n) is 6.39. The zero-order chi connectivity index (χ0) is 12.2. The first kappa shape index (κ1) is 10.8. The first-order valence-corrected chi connectivity index (χ1v) is 6.39. The standard InChI is InChI=1S/C14H17NO2/c1-8(16)13-11-5-3-4-10-6-7-12(15(10)11)14(13)9(2)17/h10H,3-7H2,1-2H3/t10-/m1/s1. The van der Waals surface area contributed by atoms with Crippen LogP contribution < -0.4 is 0 Å². The Morgan fingerprint density at radius 1 is 1.00 bits per heavy atom. The van der Waals surface area contributed by atoms with Crippen molar-refractivity contribution in [3.05, 3.63) is 22.5 Å². The highest BCUT2D eigenvalue weighted by molar-refractivity contribution is 6.09. The van der Waals surface area contributed by atoms with Gasteiger partial charge in [0.1, 0.15) is 0 Å². The van der Waals surface area contributed by atoms with Gasteiger partial charge in [-0.05, 0) is 46.0 Å². The van der Waals surface area contributed by atoms with Gasteiger partial charge in [0.2, 0.25) is 0 Å². The molecule has 0 saturated carbocycles. The van der Waals surface area contributed by atoms with Crippen LogP contribution in [0.15, 0.2) is 0 Å². The van der Waals surface area contributed by atoms with Gasteiger partial charge in [0, 0.05) is 28.6 Å². The van der Waals surface area contributed by atoms with E-state index in [4.69, 9.17) is 0 Å². The molecular formula is C14H17NO2. The highest BCUT2D eigenvalue weighted by Gasteiger charge is 2.36. The maximum atomic E-state index is 11.8. The molecule has 3 rings (SSSR count). The van der Waals surface area contributed by atoms with E-state index in [2.05, 4.69) is 4.57 Å². The Balaban J connectivity index is 2.32. The molecule has 0 aromatic carbocycles. The zero-order valence-electron chi connectivity index (χ0n) is 10.4. The molecule has 0 amide bonds. The molecule has 1 atom stereocenters. The van der Waals surface area contributed by atoms with Crippen molar-refractivity contribution in [2.45, 2.75) is 52.0 Å². The van der Waals surface area contributed by atoms with Crippen LogP contribution in [0.2, 0.25) is 0 Å². The fraction of sp³-hybridized carbons (Fsp3) is 0.571. The monoisotopic (exact) mass is 231 g/mol. The van der Waals surface area contributed by atoms with Gasteiger partial charge in [-0.15, -0.1) is 0 Å². The summed E-state index contributed by atoms with van der Waals surface area (Å²) in [5.74, 6) is 0.0977. The van der Waals surface area contributed by atoms with Gasteiger partial charge in [-0.2, -0.15) is 0 Å². The van der Waals surface area contributed by atoms with Gasteiger partial charge in [0.25, 0.3) is 0 Å². The summed E-state index contributed by atoms with van der Waals surface area (Å²) in [5.41, 5.74) is 3.70. The molecule has 1 aromatic heterocycles. The van der Waals surface area contributed by atoms with Gasteiger partial charge >= 0.3 is 0 Å². The molecule has 0 unspecified atom stereocenters. The van der Waals surface area contributed by atoms with Gasteiger partial charge in [-0.1, -0.05) is 0 Å². The highest BCUT2D eigenvalue weighted by Crippen LogP contribution is 2.41. The first-order chi connectivity index (χ1) is 8.11. The van der Waals surface area contributed by atoms with Crippen molar-refractivity contribution in [3.63, 3.8) is 0 Å². The van der Waals surface area contributed by atoms with E-state index in [1.54, 1.807) is 13.8 Å². The number of nitrogens with zero attached hydrogens (tertiary/aromatic N) is 1. The second-order valence-electron chi connectivity index (χ2n) is 5.21. The van der Waals surface area contributed by atoms with Crippen molar-refractivity contribution >= 4 is 11.6 Å². The summed E-state index contributed by atoms with van der Waals surface area (Å²) in [6.07, 6.45) is 5.39. The van der Waals surface area contributed by atoms with Gasteiger partial charge in [0.15, 0.2) is 11.6 Å². The van der Waals surface area contributed by atoms with Gasteiger partial charge in [0.05, 0.1) is 0 Å². The predicted octanol–water partition coefficient (Wildman–Crippen LogP) is 2.72. The largest absolute Gasteiger partial charge is 0.344 e. The smallest absolute Gasteiger partial charge is 0.162 e. The summed E-state index contributed by atoms with van der Waals surface area (Å²) in [6, 6.07) is 0.542. The van der Waals surface area contributed by atoms with Crippen molar-refractivity contribution < 1.29 is 9.59 Å². The molecule has 2 aliphatic rings. The van der Waals surface area contributed by atoms with Crippen LogP contribution >= 0.6 is 0 Å². The number of rotatable bonds is 2. The summed E-state index contributed by atoms with van der Waals surface area (Å²) >= 11 is 0. The summed E-state index contributed by atoms with van der Waals surface area (Å²) in [7, 11) is 0. The lowest BCUT2D eigenvalue weighted by Gasteiger charge is -2.23. The van der Waals surface area contributed by atoms with E-state index in [0.29, 0.717) is 6.04 Å². The van der Waals surface area contributed by atoms with Crippen LogP contribution in [0.1, 0.15) is 71.3 Å². The maximum absolute atomic E-state index is 11.8. The molecular weight excluding hydrogens is 214 g/mol. The van der Waals surface area contributed by atoms with E-state index in [-0.39, 0.29) is 11.6 Å². The number of carbonyl (C=O) groups excluding carboxylic acids is 2. The average molecular weight is 231 g/mol. The molecule has 3 nitrogen and oxygen atoms in total. The Kier molecular flexibility index (Phi) is 2.25. The molecule has 0 N–H and O–H groups in total. The number of hydrogen-bond donors (Lipinski definition) is 0. The number of carbonyl (C=O) groups is 2. The van der Waals surface area contributed by atoms with Crippen LogP contribution in [0, 0.1) is 0 Å². The van der Waals surface area contributed by atoms with E-state index in [1.165, 1.54) is 6.42 Å². The third-order valence-electron chi connectivity index (χ3n) is 4.14. The van der Waals surface area contributed by atoms with Crippen LogP contribution in [0.3, 0.4) is 0 Å². The quantitative estimate of drug-likeness (QED) is 0.734. The molecule has 1 aromatic rings. The molecule has 2 aliphatic heterocycles. The molecule has 0 aliphatic carbocycles. The minimum Gasteiger partial charge on any atom is -0.344 e. The molecule has 3 heteroatoms. The molecule has 0 radical (unpaired) electrons. The van der Waals surface area contributed by atoms with Crippen LogP contribution in [-0.2, 0) is 12.8 Å². The fourth-order valence-electron chi connectivity index (χ4n) is 3.59. The minimum atomic E-state index is 0.0488. The zero-order valence-corrected chi connectivity index (χ0v) is 10.4. The minimum absolute atomic E-state index is 0.0488. The molecule has 3 heterocycles. The molecule has 0 fully saturated rings. The van der Waals surface area contributed by atoms with E-state index >= 15 is 0 Å². The van der Waals surface area contributed by atoms with Crippen molar-refractivity contribution in [2.24, 2.45) is 0 Å². The second kappa shape index (κ2) is 3.56. The third-order valence-corrected chi connectivity index (χ3v) is 4.14. The van der Waals surface area contributed by atoms with Crippen molar-refractivity contribution in [3.8, 4) is 0 Å². The summed E-state index contributed by atoms with van der Waals surface area (Å²) < 4.78 is 2.30. The Bertz CT molecular complexity index is 510. The summed E-state index contributed by atoms with van der Waals surface area (Å²) in [6.45, 7) is 3.16. The Morgan fingerprint density at radius 2 is 1.59 bits per heavy atom. The predicted molar refractivity (Wildman–Crippen MR) is 64.7 cm³/mol. The van der Waals surface area contributed by atoms with Crippen LogP contribution in [0.25, 0.3) is 0 Å². The Hall–Kier alpha value is -1.38. The topological polar surface area (TPSA) is 39.1 Å². The SMILES string of the molecule is CC(=O)c1c(C(C)=O)c2n3c1CCC[C@@H]3CC2. The molecule has 0 spiro atoms. The molecule has 17 heavy (non-hydrogen) atoms. The lowest BCUT2D eigenvalue weighted by atomic mass is 9.94. The highest BCUT2D eigenvalue weighted by atomic mass is 16.1. The van der Waals surface area contributed by atoms with Crippen molar-refractivity contribution in [1.29, 1.82) is 0 Å². The van der Waals surface area contributed by atoms with E-state index in [0.717, 1.165) is 48.2 Å². The van der Waals surface area contributed by atoms with Gasteiger partial charge in [-0.25, -0.2) is 0 Å². The van der Waals surface area contributed by atoms with Crippen molar-refractivity contribution in [2.75, 3.05) is 0 Å². The average Bonchev–Trinajstić information content (AvgIpc) is 2.82. The number of Topliss-reactive ketones (excluding diaryl/α,β-unsaturated/α-hetero) is 2. The normalized spacial score (nSPS) is 21.4. The maximum Gasteiger partial charge on any atom is 0.162 e. The number of ketones is 2.